The highest BCUT2D eigenvalue weighted by atomic mass is 19.1. The van der Waals surface area contributed by atoms with Gasteiger partial charge in [-0.2, -0.15) is 0 Å². The molecule has 132 valence electrons. The molecule has 1 fully saturated rings. The zero-order chi connectivity index (χ0) is 17.9. The summed E-state index contributed by atoms with van der Waals surface area (Å²) in [5.74, 6) is 0.110. The van der Waals surface area contributed by atoms with E-state index < -0.39 is 28.9 Å². The highest BCUT2D eigenvalue weighted by Crippen LogP contribution is 2.22. The third-order valence-corrected chi connectivity index (χ3v) is 3.34. The lowest BCUT2D eigenvalue weighted by molar-refractivity contribution is -0.385. The molecule has 24 heavy (non-hydrogen) atoms. The molecule has 1 aromatic heterocycles. The molecule has 0 spiro atoms. The molecule has 0 saturated carbocycles. The molecule has 0 bridgehead atoms. The van der Waals surface area contributed by atoms with Crippen molar-refractivity contribution in [1.82, 2.24) is 9.88 Å². The number of nitro groups is 1. The zero-order valence-electron chi connectivity index (χ0n) is 13.8. The number of amides is 1. The highest BCUT2D eigenvalue weighted by Gasteiger charge is 2.35. The minimum Gasteiger partial charge on any atom is -0.471 e. The Hall–Kier alpha value is -2.45. The summed E-state index contributed by atoms with van der Waals surface area (Å²) in [6.45, 7) is 5.40. The van der Waals surface area contributed by atoms with Crippen LogP contribution in [0.15, 0.2) is 18.3 Å². The minimum absolute atomic E-state index is 0.110. The van der Waals surface area contributed by atoms with E-state index in [1.807, 2.05) is 0 Å². The molecule has 1 aromatic rings. The van der Waals surface area contributed by atoms with Gasteiger partial charge in [0.2, 0.25) is 5.88 Å². The van der Waals surface area contributed by atoms with Crippen LogP contribution in [0.4, 0.5) is 14.9 Å². The van der Waals surface area contributed by atoms with Crippen LogP contribution in [0.2, 0.25) is 0 Å². The Morgan fingerprint density at radius 1 is 1.46 bits per heavy atom. The van der Waals surface area contributed by atoms with E-state index in [0.717, 1.165) is 6.20 Å². The Labute approximate surface area is 138 Å². The third-order valence-electron chi connectivity index (χ3n) is 3.34. The first kappa shape index (κ1) is 17.9. The number of likely N-dealkylation sites (tertiary alicyclic amines) is 1. The smallest absolute Gasteiger partial charge is 0.410 e. The number of piperidine rings is 1. The zero-order valence-corrected chi connectivity index (χ0v) is 13.8. The van der Waals surface area contributed by atoms with Gasteiger partial charge in [0.25, 0.3) is 5.69 Å². The lowest BCUT2D eigenvalue weighted by Crippen LogP contribution is -2.50. The van der Waals surface area contributed by atoms with Crippen LogP contribution in [0.3, 0.4) is 0 Å². The molecule has 1 aliphatic rings. The van der Waals surface area contributed by atoms with Crippen LogP contribution < -0.4 is 4.74 Å². The van der Waals surface area contributed by atoms with Gasteiger partial charge in [-0.1, -0.05) is 0 Å². The maximum absolute atomic E-state index is 14.3. The maximum Gasteiger partial charge on any atom is 0.410 e. The number of aromatic nitrogens is 1. The maximum atomic E-state index is 14.3. The molecule has 0 N–H and O–H groups in total. The van der Waals surface area contributed by atoms with Crippen LogP contribution >= 0.6 is 0 Å². The van der Waals surface area contributed by atoms with Crippen LogP contribution in [0, 0.1) is 10.1 Å². The summed E-state index contributed by atoms with van der Waals surface area (Å²) in [5.41, 5.74) is -0.808. The van der Waals surface area contributed by atoms with Gasteiger partial charge < -0.3 is 14.4 Å². The molecule has 9 heteroatoms. The summed E-state index contributed by atoms with van der Waals surface area (Å²) in [7, 11) is 0. The first-order chi connectivity index (χ1) is 11.2. The number of nitrogens with zero attached hydrogens (tertiary/aromatic N) is 3. The van der Waals surface area contributed by atoms with Crippen molar-refractivity contribution in [1.29, 1.82) is 0 Å². The first-order valence-corrected chi connectivity index (χ1v) is 7.55. The Kier molecular flexibility index (Phi) is 5.20. The average Bonchev–Trinajstić information content (AvgIpc) is 2.48. The molecule has 1 aliphatic heterocycles. The number of hydrogen-bond donors (Lipinski definition) is 0. The lowest BCUT2D eigenvalue weighted by Gasteiger charge is -2.35. The summed E-state index contributed by atoms with van der Waals surface area (Å²) in [5, 5.41) is 10.6. The average molecular weight is 341 g/mol. The monoisotopic (exact) mass is 341 g/mol. The van der Waals surface area contributed by atoms with Crippen molar-refractivity contribution in [2.24, 2.45) is 0 Å². The van der Waals surface area contributed by atoms with Gasteiger partial charge >= 0.3 is 6.09 Å². The standard InChI is InChI=1S/C15H20FN3O5/c1-15(2,3)24-14(20)18-7-6-12(11(16)9-18)23-13-5-4-10(8-17-13)19(21)22/h4-5,8,11-12H,6-7,9H2,1-3H3/t11-,12+/m0/s1. The molecule has 1 amide bonds. The molecular weight excluding hydrogens is 321 g/mol. The number of rotatable bonds is 3. The van der Waals surface area contributed by atoms with E-state index in [2.05, 4.69) is 4.98 Å². The second-order valence-corrected chi connectivity index (χ2v) is 6.50. The van der Waals surface area contributed by atoms with Crippen molar-refractivity contribution in [3.05, 3.63) is 28.4 Å². The van der Waals surface area contributed by atoms with E-state index in [0.29, 0.717) is 6.54 Å². The molecule has 2 heterocycles. The van der Waals surface area contributed by atoms with Crippen LogP contribution in [-0.2, 0) is 4.74 Å². The van der Waals surface area contributed by atoms with Crippen LogP contribution in [0.25, 0.3) is 0 Å². The lowest BCUT2D eigenvalue weighted by atomic mass is 10.1. The van der Waals surface area contributed by atoms with E-state index in [-0.39, 0.29) is 24.5 Å². The van der Waals surface area contributed by atoms with E-state index in [1.54, 1.807) is 20.8 Å². The highest BCUT2D eigenvalue weighted by molar-refractivity contribution is 5.68. The molecular formula is C15H20FN3O5. The molecule has 0 radical (unpaired) electrons. The number of carbonyl (C=O) groups is 1. The summed E-state index contributed by atoms with van der Waals surface area (Å²) >= 11 is 0. The SMILES string of the molecule is CC(C)(C)OC(=O)N1CC[C@@H](Oc2ccc([N+](=O)[O-])cn2)[C@@H](F)C1. The fraction of sp³-hybridized carbons (Fsp3) is 0.600. The quantitative estimate of drug-likeness (QED) is 0.620. The normalized spacial score (nSPS) is 21.2. The van der Waals surface area contributed by atoms with Gasteiger partial charge in [-0.05, 0) is 20.8 Å². The molecule has 1 saturated heterocycles. The van der Waals surface area contributed by atoms with Gasteiger partial charge in [0, 0.05) is 25.1 Å². The van der Waals surface area contributed by atoms with Gasteiger partial charge in [-0.15, -0.1) is 0 Å². The number of halogens is 1. The molecule has 8 nitrogen and oxygen atoms in total. The molecule has 0 aromatic carbocycles. The second kappa shape index (κ2) is 6.98. The van der Waals surface area contributed by atoms with Crippen molar-refractivity contribution < 1.29 is 23.6 Å². The van der Waals surface area contributed by atoms with E-state index in [1.165, 1.54) is 17.0 Å². The van der Waals surface area contributed by atoms with Gasteiger partial charge in [-0.3, -0.25) is 10.1 Å². The van der Waals surface area contributed by atoms with Crippen molar-refractivity contribution in [3.8, 4) is 5.88 Å². The van der Waals surface area contributed by atoms with Crippen LogP contribution in [-0.4, -0.2) is 51.9 Å². The van der Waals surface area contributed by atoms with E-state index >= 15 is 0 Å². The van der Waals surface area contributed by atoms with Crippen molar-refractivity contribution in [2.75, 3.05) is 13.1 Å². The van der Waals surface area contributed by atoms with Crippen LogP contribution in [0.5, 0.6) is 5.88 Å². The number of carbonyl (C=O) groups excluding carboxylic acids is 1. The Bertz CT molecular complexity index is 602. The Morgan fingerprint density at radius 2 is 2.17 bits per heavy atom. The first-order valence-electron chi connectivity index (χ1n) is 7.55. The Morgan fingerprint density at radius 3 is 2.67 bits per heavy atom. The molecule has 0 unspecified atom stereocenters. The number of ether oxygens (including phenoxy) is 2. The van der Waals surface area contributed by atoms with Gasteiger partial charge in [0.15, 0.2) is 6.17 Å². The summed E-state index contributed by atoms with van der Waals surface area (Å²) in [4.78, 5) is 27.0. The largest absolute Gasteiger partial charge is 0.471 e. The number of pyridine rings is 1. The summed E-state index contributed by atoms with van der Waals surface area (Å²) in [6, 6.07) is 2.57. The summed E-state index contributed by atoms with van der Waals surface area (Å²) in [6.07, 6.45) is -1.39. The predicted molar refractivity (Wildman–Crippen MR) is 82.6 cm³/mol. The summed E-state index contributed by atoms with van der Waals surface area (Å²) < 4.78 is 24.9. The molecule has 2 atom stereocenters. The van der Waals surface area contributed by atoms with Gasteiger partial charge in [0.05, 0.1) is 11.5 Å². The fourth-order valence-corrected chi connectivity index (χ4v) is 2.21. The predicted octanol–water partition coefficient (Wildman–Crippen LogP) is 2.72. The van der Waals surface area contributed by atoms with Crippen LogP contribution in [0.1, 0.15) is 27.2 Å². The fourth-order valence-electron chi connectivity index (χ4n) is 2.21. The minimum atomic E-state index is -1.40. The molecule has 0 aliphatic carbocycles. The number of alkyl halides is 1. The van der Waals surface area contributed by atoms with Crippen molar-refractivity contribution in [3.63, 3.8) is 0 Å². The van der Waals surface area contributed by atoms with E-state index in [4.69, 9.17) is 9.47 Å². The van der Waals surface area contributed by atoms with Gasteiger partial charge in [-0.25, -0.2) is 14.2 Å². The van der Waals surface area contributed by atoms with Crippen molar-refractivity contribution >= 4 is 11.8 Å². The Balaban J connectivity index is 1.91. The topological polar surface area (TPSA) is 94.8 Å². The van der Waals surface area contributed by atoms with Crippen molar-refractivity contribution in [2.45, 2.75) is 45.1 Å². The van der Waals surface area contributed by atoms with Gasteiger partial charge in [0.1, 0.15) is 17.9 Å². The molecule has 2 rings (SSSR count). The second-order valence-electron chi connectivity index (χ2n) is 6.50. The third kappa shape index (κ3) is 4.77. The van der Waals surface area contributed by atoms with E-state index in [9.17, 15) is 19.3 Å². The number of hydrogen-bond acceptors (Lipinski definition) is 6.